The molecule has 3 nitrogen and oxygen atoms in total. The molecule has 0 N–H and O–H groups in total. The molecule has 1 heterocycles. The quantitative estimate of drug-likeness (QED) is 0.585. The summed E-state index contributed by atoms with van der Waals surface area (Å²) in [6.07, 6.45) is 0. The molecule has 0 saturated heterocycles. The van der Waals surface area contributed by atoms with Gasteiger partial charge in [0.05, 0.1) is 11.4 Å². The van der Waals surface area contributed by atoms with E-state index in [2.05, 4.69) is 5.10 Å². The topological polar surface area (TPSA) is 40.9 Å². The fourth-order valence-corrected chi connectivity index (χ4v) is 1.37. The first kappa shape index (κ1) is 12.6. The van der Waals surface area contributed by atoms with Crippen LogP contribution >= 0.6 is 11.6 Å². The predicted molar refractivity (Wildman–Crippen MR) is 52.8 cm³/mol. The molecule has 72 valence electrons. The zero-order chi connectivity index (χ0) is 10.1. The molecular formula is C10H8ClN2NaO. The van der Waals surface area contributed by atoms with Crippen molar-refractivity contribution in [1.82, 2.24) is 9.78 Å². The summed E-state index contributed by atoms with van der Waals surface area (Å²) in [5.74, 6) is -0.121. The van der Waals surface area contributed by atoms with E-state index in [1.807, 2.05) is 0 Å². The number of rotatable bonds is 1. The molecule has 5 heteroatoms. The van der Waals surface area contributed by atoms with Gasteiger partial charge < -0.3 is 5.11 Å². The van der Waals surface area contributed by atoms with Crippen molar-refractivity contribution in [3.8, 4) is 11.6 Å². The van der Waals surface area contributed by atoms with Crippen molar-refractivity contribution in [3.05, 3.63) is 41.0 Å². The SMILES string of the molecule is Cc1cc([O-])n(-c2ccc(Cl)cc2)n1.[Na+]. The van der Waals surface area contributed by atoms with E-state index < -0.39 is 0 Å². The summed E-state index contributed by atoms with van der Waals surface area (Å²) in [5.41, 5.74) is 1.44. The molecule has 0 aliphatic rings. The Bertz CT molecular complexity index is 453. The minimum absolute atomic E-state index is 0. The third-order valence-electron chi connectivity index (χ3n) is 1.87. The number of aryl methyl sites for hydroxylation is 1. The van der Waals surface area contributed by atoms with Gasteiger partial charge in [-0.15, -0.1) is 0 Å². The van der Waals surface area contributed by atoms with Gasteiger partial charge in [-0.3, -0.25) is 0 Å². The van der Waals surface area contributed by atoms with E-state index in [-0.39, 0.29) is 35.4 Å². The fraction of sp³-hybridized carbons (Fsp3) is 0.100. The minimum Gasteiger partial charge on any atom is -0.859 e. The summed E-state index contributed by atoms with van der Waals surface area (Å²) in [6, 6.07) is 8.47. The van der Waals surface area contributed by atoms with Crippen molar-refractivity contribution >= 4 is 11.6 Å². The summed E-state index contributed by atoms with van der Waals surface area (Å²) in [4.78, 5) is 0. The molecule has 0 bridgehead atoms. The van der Waals surface area contributed by atoms with E-state index in [1.165, 1.54) is 10.7 Å². The number of hydrogen-bond acceptors (Lipinski definition) is 2. The molecule has 1 aromatic heterocycles. The van der Waals surface area contributed by atoms with Crippen LogP contribution < -0.4 is 34.7 Å². The van der Waals surface area contributed by atoms with Crippen LogP contribution in [-0.4, -0.2) is 9.78 Å². The molecule has 15 heavy (non-hydrogen) atoms. The van der Waals surface area contributed by atoms with Crippen LogP contribution in [0.15, 0.2) is 30.3 Å². The van der Waals surface area contributed by atoms with Crippen molar-refractivity contribution in [2.24, 2.45) is 0 Å². The molecule has 0 aliphatic carbocycles. The van der Waals surface area contributed by atoms with Crippen molar-refractivity contribution in [1.29, 1.82) is 0 Å². The largest absolute Gasteiger partial charge is 1.00 e. The molecule has 0 spiro atoms. The Morgan fingerprint density at radius 3 is 2.33 bits per heavy atom. The van der Waals surface area contributed by atoms with E-state index in [9.17, 15) is 5.11 Å². The van der Waals surface area contributed by atoms with Gasteiger partial charge in [-0.2, -0.15) is 5.10 Å². The normalized spacial score (nSPS) is 9.73. The third kappa shape index (κ3) is 2.75. The first-order valence-electron chi connectivity index (χ1n) is 4.16. The number of aromatic nitrogens is 2. The first-order valence-corrected chi connectivity index (χ1v) is 4.54. The van der Waals surface area contributed by atoms with Gasteiger partial charge in [-0.25, -0.2) is 4.68 Å². The Hall–Kier alpha value is -0.480. The fourth-order valence-electron chi connectivity index (χ4n) is 1.24. The summed E-state index contributed by atoms with van der Waals surface area (Å²) in [6.45, 7) is 1.79. The second-order valence-electron chi connectivity index (χ2n) is 3.01. The number of hydrogen-bond donors (Lipinski definition) is 0. The van der Waals surface area contributed by atoms with Gasteiger partial charge in [0.1, 0.15) is 0 Å². The molecule has 0 saturated carbocycles. The van der Waals surface area contributed by atoms with E-state index in [0.29, 0.717) is 10.7 Å². The van der Waals surface area contributed by atoms with Crippen LogP contribution in [0.5, 0.6) is 5.88 Å². The summed E-state index contributed by atoms with van der Waals surface area (Å²) < 4.78 is 1.35. The van der Waals surface area contributed by atoms with Gasteiger partial charge in [0.25, 0.3) is 0 Å². The first-order chi connectivity index (χ1) is 6.66. The van der Waals surface area contributed by atoms with E-state index >= 15 is 0 Å². The molecule has 0 aliphatic heterocycles. The molecule has 0 fully saturated rings. The number of nitrogens with zero attached hydrogens (tertiary/aromatic N) is 2. The van der Waals surface area contributed by atoms with Gasteiger partial charge >= 0.3 is 29.6 Å². The maximum atomic E-state index is 11.4. The molecule has 0 atom stereocenters. The second kappa shape index (κ2) is 5.03. The molecule has 2 rings (SSSR count). The maximum absolute atomic E-state index is 11.4. The van der Waals surface area contributed by atoms with Gasteiger partial charge in [0, 0.05) is 5.02 Å². The van der Waals surface area contributed by atoms with Gasteiger partial charge in [-0.05, 0) is 43.1 Å². The van der Waals surface area contributed by atoms with Crippen LogP contribution in [0.1, 0.15) is 5.69 Å². The average Bonchev–Trinajstić information content (AvgIpc) is 2.47. The molecule has 0 radical (unpaired) electrons. The molecular weight excluding hydrogens is 223 g/mol. The molecule has 1 aromatic carbocycles. The van der Waals surface area contributed by atoms with Crippen LogP contribution in [0.3, 0.4) is 0 Å². The number of halogens is 1. The molecule has 2 aromatic rings. The van der Waals surface area contributed by atoms with Crippen molar-refractivity contribution < 1.29 is 34.7 Å². The summed E-state index contributed by atoms with van der Waals surface area (Å²) >= 11 is 5.74. The molecule has 0 amide bonds. The Morgan fingerprint density at radius 2 is 1.87 bits per heavy atom. The van der Waals surface area contributed by atoms with Crippen LogP contribution in [0, 0.1) is 6.92 Å². The average molecular weight is 231 g/mol. The van der Waals surface area contributed by atoms with Gasteiger partial charge in [-0.1, -0.05) is 11.6 Å². The van der Waals surface area contributed by atoms with Gasteiger partial charge in [0.15, 0.2) is 0 Å². The van der Waals surface area contributed by atoms with E-state index in [1.54, 1.807) is 31.2 Å². The van der Waals surface area contributed by atoms with Crippen LogP contribution in [0.2, 0.25) is 5.02 Å². The van der Waals surface area contributed by atoms with Crippen LogP contribution in [-0.2, 0) is 0 Å². The van der Waals surface area contributed by atoms with Crippen LogP contribution in [0.25, 0.3) is 5.69 Å². The zero-order valence-electron chi connectivity index (χ0n) is 8.57. The Balaban J connectivity index is 0.00000112. The smallest absolute Gasteiger partial charge is 0.859 e. The monoisotopic (exact) mass is 230 g/mol. The van der Waals surface area contributed by atoms with E-state index in [0.717, 1.165) is 5.69 Å². The minimum atomic E-state index is -0.121. The Labute approximate surface area is 115 Å². The van der Waals surface area contributed by atoms with Crippen LogP contribution in [0.4, 0.5) is 0 Å². The standard InChI is InChI=1S/C10H9ClN2O.Na/c1-7-6-10(14)13(12-7)9-4-2-8(11)3-5-9;/h2-6,14H,1H3;/q;+1/p-1. The second-order valence-corrected chi connectivity index (χ2v) is 3.45. The van der Waals surface area contributed by atoms with E-state index in [4.69, 9.17) is 11.6 Å². The Kier molecular flexibility index (Phi) is 4.22. The van der Waals surface area contributed by atoms with Crippen molar-refractivity contribution in [2.45, 2.75) is 6.92 Å². The maximum Gasteiger partial charge on any atom is 1.00 e. The summed E-state index contributed by atoms with van der Waals surface area (Å²) in [7, 11) is 0. The van der Waals surface area contributed by atoms with Crippen molar-refractivity contribution in [2.75, 3.05) is 0 Å². The number of benzene rings is 1. The zero-order valence-corrected chi connectivity index (χ0v) is 11.3. The third-order valence-corrected chi connectivity index (χ3v) is 2.12. The summed E-state index contributed by atoms with van der Waals surface area (Å²) in [5, 5.41) is 16.1. The van der Waals surface area contributed by atoms with Gasteiger partial charge in [0.2, 0.25) is 0 Å². The molecule has 0 unspecified atom stereocenters. The Morgan fingerprint density at radius 1 is 1.27 bits per heavy atom. The predicted octanol–water partition coefficient (Wildman–Crippen LogP) is -1.09. The van der Waals surface area contributed by atoms with Crippen molar-refractivity contribution in [3.63, 3.8) is 0 Å².